The first-order chi connectivity index (χ1) is 7.04. The van der Waals surface area contributed by atoms with Crippen LogP contribution in [0.3, 0.4) is 0 Å². The van der Waals surface area contributed by atoms with Crippen molar-refractivity contribution < 1.29 is 15.1 Å². The van der Waals surface area contributed by atoms with Crippen LogP contribution in [0.4, 0.5) is 0 Å². The summed E-state index contributed by atoms with van der Waals surface area (Å²) in [4.78, 5) is 12.3. The van der Waals surface area contributed by atoms with Gasteiger partial charge in [0.15, 0.2) is 0 Å². The number of rotatable bonds is 4. The lowest BCUT2D eigenvalue weighted by Gasteiger charge is -1.99. The van der Waals surface area contributed by atoms with Crippen molar-refractivity contribution in [2.45, 2.75) is 20.3 Å². The van der Waals surface area contributed by atoms with Gasteiger partial charge in [0, 0.05) is 4.88 Å². The molecule has 15 heavy (non-hydrogen) atoms. The zero-order valence-corrected chi connectivity index (χ0v) is 9.41. The third-order valence-corrected chi connectivity index (χ3v) is 2.92. The van der Waals surface area contributed by atoms with E-state index in [4.69, 9.17) is 10.3 Å². The molecule has 1 heterocycles. The molecule has 0 aromatic carbocycles. The molecule has 0 atom stereocenters. The van der Waals surface area contributed by atoms with Crippen molar-refractivity contribution in [2.75, 3.05) is 0 Å². The average molecular weight is 227 g/mol. The van der Waals surface area contributed by atoms with Crippen LogP contribution in [0.25, 0.3) is 0 Å². The van der Waals surface area contributed by atoms with Crippen molar-refractivity contribution in [2.24, 2.45) is 11.1 Å². The predicted molar refractivity (Wildman–Crippen MR) is 58.8 cm³/mol. The van der Waals surface area contributed by atoms with Gasteiger partial charge >= 0.3 is 5.97 Å². The highest BCUT2D eigenvalue weighted by Gasteiger charge is 2.15. The van der Waals surface area contributed by atoms with Gasteiger partial charge in [0.1, 0.15) is 0 Å². The lowest BCUT2D eigenvalue weighted by molar-refractivity contribution is -0.129. The molecule has 0 saturated carbocycles. The van der Waals surface area contributed by atoms with Crippen molar-refractivity contribution in [3.8, 4) is 0 Å². The Kier molecular flexibility index (Phi) is 3.85. The molecule has 0 amide bonds. The highest BCUT2D eigenvalue weighted by Crippen LogP contribution is 2.20. The van der Waals surface area contributed by atoms with Gasteiger partial charge in [0.2, 0.25) is 5.71 Å². The number of oxime groups is 1. The monoisotopic (exact) mass is 227 g/mol. The Hall–Kier alpha value is -1.36. The number of aliphatic carboxylic acids is 1. The largest absolute Gasteiger partial charge is 0.476 e. The van der Waals surface area contributed by atoms with Crippen molar-refractivity contribution in [3.63, 3.8) is 0 Å². The van der Waals surface area contributed by atoms with Gasteiger partial charge in [-0.3, -0.25) is 0 Å². The molecule has 0 bridgehead atoms. The molecule has 82 valence electrons. The van der Waals surface area contributed by atoms with Crippen molar-refractivity contribution >= 4 is 23.0 Å². The Morgan fingerprint density at radius 3 is 2.67 bits per heavy atom. The van der Waals surface area contributed by atoms with Gasteiger partial charge in [-0.05, 0) is 24.5 Å². The lowest BCUT2D eigenvalue weighted by atomic mass is 10.1. The summed E-state index contributed by atoms with van der Waals surface area (Å²) in [6.45, 7) is 4.19. The fraction of sp³-hybridized carbons (Fsp3) is 0.400. The first kappa shape index (κ1) is 11.7. The summed E-state index contributed by atoms with van der Waals surface area (Å²) < 4.78 is 0. The quantitative estimate of drug-likeness (QED) is 0.470. The molecule has 1 aromatic heterocycles. The normalized spacial score (nSPS) is 12.1. The van der Waals surface area contributed by atoms with E-state index in [9.17, 15) is 4.79 Å². The van der Waals surface area contributed by atoms with Gasteiger partial charge in [-0.15, -0.1) is 11.3 Å². The number of carboxylic acids is 1. The van der Waals surface area contributed by atoms with Crippen LogP contribution in [0.15, 0.2) is 17.3 Å². The summed E-state index contributed by atoms with van der Waals surface area (Å²) in [5.74, 6) is -0.689. The van der Waals surface area contributed by atoms with Crippen LogP contribution in [0.1, 0.15) is 23.6 Å². The molecule has 0 aliphatic carbocycles. The zero-order valence-electron chi connectivity index (χ0n) is 8.60. The minimum atomic E-state index is -1.21. The van der Waals surface area contributed by atoms with E-state index in [-0.39, 0.29) is 5.71 Å². The van der Waals surface area contributed by atoms with Crippen LogP contribution in [0.2, 0.25) is 0 Å². The lowest BCUT2D eigenvalue weighted by Crippen LogP contribution is -2.12. The molecule has 0 radical (unpaired) electrons. The molecule has 0 aliphatic rings. The second-order valence-electron chi connectivity index (χ2n) is 3.62. The van der Waals surface area contributed by atoms with E-state index in [1.54, 1.807) is 6.07 Å². The number of carboxylic acid groups (broad SMARTS) is 1. The smallest absolute Gasteiger partial charge is 0.359 e. The molecule has 0 spiro atoms. The molecular formula is C10H13NO3S. The van der Waals surface area contributed by atoms with Crippen LogP contribution >= 0.6 is 11.3 Å². The number of carbonyl (C=O) groups is 1. The Balaban J connectivity index is 2.88. The van der Waals surface area contributed by atoms with E-state index in [0.29, 0.717) is 10.8 Å². The van der Waals surface area contributed by atoms with E-state index >= 15 is 0 Å². The van der Waals surface area contributed by atoms with Crippen molar-refractivity contribution in [1.82, 2.24) is 0 Å². The molecule has 5 heteroatoms. The minimum Gasteiger partial charge on any atom is -0.476 e. The number of hydrogen-bond acceptors (Lipinski definition) is 4. The second-order valence-corrected chi connectivity index (χ2v) is 4.79. The van der Waals surface area contributed by atoms with E-state index in [2.05, 4.69) is 19.0 Å². The van der Waals surface area contributed by atoms with Gasteiger partial charge in [0.25, 0.3) is 0 Å². The van der Waals surface area contributed by atoms with Gasteiger partial charge in [-0.25, -0.2) is 4.79 Å². The summed E-state index contributed by atoms with van der Waals surface area (Å²) in [6.07, 6.45) is 0.906. The Bertz CT molecular complexity index is 382. The predicted octanol–water partition coefficient (Wildman–Crippen LogP) is 2.21. The first-order valence-corrected chi connectivity index (χ1v) is 5.40. The summed E-state index contributed by atoms with van der Waals surface area (Å²) >= 11 is 1.35. The highest BCUT2D eigenvalue weighted by atomic mass is 32.1. The van der Waals surface area contributed by atoms with Gasteiger partial charge in [0.05, 0.1) is 4.88 Å². The van der Waals surface area contributed by atoms with E-state index in [1.807, 2.05) is 6.07 Å². The number of thiophene rings is 1. The minimum absolute atomic E-state index is 0.296. The van der Waals surface area contributed by atoms with E-state index < -0.39 is 5.97 Å². The topological polar surface area (TPSA) is 69.9 Å². The summed E-state index contributed by atoms with van der Waals surface area (Å²) in [5.41, 5.74) is -0.296. The van der Waals surface area contributed by atoms with Crippen LogP contribution in [0, 0.1) is 5.92 Å². The molecule has 2 N–H and O–H groups in total. The maximum atomic E-state index is 10.7. The average Bonchev–Trinajstić information content (AvgIpc) is 2.52. The third-order valence-electron chi connectivity index (χ3n) is 1.81. The van der Waals surface area contributed by atoms with Crippen LogP contribution < -0.4 is 0 Å². The fourth-order valence-corrected chi connectivity index (χ4v) is 2.41. The summed E-state index contributed by atoms with van der Waals surface area (Å²) in [7, 11) is 0. The Labute approximate surface area is 91.9 Å². The second kappa shape index (κ2) is 4.93. The Morgan fingerprint density at radius 2 is 2.20 bits per heavy atom. The SMILES string of the molecule is CC(C)Cc1ccc(/C(=N\O)C(=O)O)s1. The molecule has 0 aliphatic heterocycles. The summed E-state index contributed by atoms with van der Waals surface area (Å²) in [6, 6.07) is 3.54. The molecule has 1 rings (SSSR count). The van der Waals surface area contributed by atoms with Gasteiger partial charge < -0.3 is 10.3 Å². The van der Waals surface area contributed by atoms with Crippen LogP contribution in [-0.4, -0.2) is 22.0 Å². The van der Waals surface area contributed by atoms with E-state index in [1.165, 1.54) is 11.3 Å². The zero-order chi connectivity index (χ0) is 11.4. The molecule has 4 nitrogen and oxygen atoms in total. The molecule has 0 fully saturated rings. The third kappa shape index (κ3) is 3.06. The summed E-state index contributed by atoms with van der Waals surface area (Å²) in [5, 5.41) is 20.1. The molecule has 0 saturated heterocycles. The fourth-order valence-electron chi connectivity index (χ4n) is 1.21. The van der Waals surface area contributed by atoms with Crippen LogP contribution in [0.5, 0.6) is 0 Å². The van der Waals surface area contributed by atoms with Gasteiger partial charge in [-0.2, -0.15) is 0 Å². The number of nitrogens with zero attached hydrogens (tertiary/aromatic N) is 1. The van der Waals surface area contributed by atoms with Crippen molar-refractivity contribution in [1.29, 1.82) is 0 Å². The maximum Gasteiger partial charge on any atom is 0.359 e. The number of hydrogen-bond donors (Lipinski definition) is 2. The highest BCUT2D eigenvalue weighted by molar-refractivity contribution is 7.14. The molecule has 0 unspecified atom stereocenters. The van der Waals surface area contributed by atoms with Crippen molar-refractivity contribution in [3.05, 3.63) is 21.9 Å². The molecular weight excluding hydrogens is 214 g/mol. The first-order valence-electron chi connectivity index (χ1n) is 4.59. The van der Waals surface area contributed by atoms with Crippen LogP contribution in [-0.2, 0) is 11.2 Å². The van der Waals surface area contributed by atoms with Gasteiger partial charge in [-0.1, -0.05) is 19.0 Å². The Morgan fingerprint density at radius 1 is 1.53 bits per heavy atom. The standard InChI is InChI=1S/C10H13NO3S/c1-6(2)5-7-3-4-8(15-7)9(11-14)10(12)13/h3-4,6,14H,5H2,1-2H3,(H,12,13)/b11-9+. The molecule has 1 aromatic rings. The maximum absolute atomic E-state index is 10.7. The van der Waals surface area contributed by atoms with E-state index in [0.717, 1.165) is 11.3 Å².